The molecule has 1 aromatic rings. The van der Waals surface area contributed by atoms with E-state index in [1.54, 1.807) is 6.20 Å². The van der Waals surface area contributed by atoms with Crippen LogP contribution < -0.4 is 0 Å². The van der Waals surface area contributed by atoms with Gasteiger partial charge in [0.25, 0.3) is 0 Å². The van der Waals surface area contributed by atoms with E-state index in [1.165, 1.54) is 24.0 Å². The summed E-state index contributed by atoms with van der Waals surface area (Å²) in [6.07, 6.45) is 9.74. The summed E-state index contributed by atoms with van der Waals surface area (Å²) in [6, 6.07) is 1.99. The first-order chi connectivity index (χ1) is 7.27. The molecule has 0 fully saturated rings. The predicted molar refractivity (Wildman–Crippen MR) is 65.5 cm³/mol. The van der Waals surface area contributed by atoms with E-state index >= 15 is 0 Å². The van der Waals surface area contributed by atoms with E-state index in [0.717, 1.165) is 12.1 Å². The van der Waals surface area contributed by atoms with E-state index in [1.807, 2.05) is 6.07 Å². The maximum absolute atomic E-state index is 3.94. The van der Waals surface area contributed by atoms with Crippen molar-refractivity contribution in [2.45, 2.75) is 40.0 Å². The Hall–Kier alpha value is -1.31. The lowest BCUT2D eigenvalue weighted by atomic mass is 10.1. The number of aromatic nitrogens is 2. The van der Waals surface area contributed by atoms with Gasteiger partial charge in [0.1, 0.15) is 0 Å². The highest BCUT2D eigenvalue weighted by molar-refractivity contribution is 5.61. The lowest BCUT2D eigenvalue weighted by molar-refractivity contribution is 0.859. The van der Waals surface area contributed by atoms with Crippen LogP contribution in [0, 0.1) is 0 Å². The highest BCUT2D eigenvalue weighted by Gasteiger charge is 1.95. The molecule has 0 aliphatic heterocycles. The monoisotopic (exact) mass is 204 g/mol. The van der Waals surface area contributed by atoms with Gasteiger partial charge in [-0.15, -0.1) is 0 Å². The van der Waals surface area contributed by atoms with Crippen molar-refractivity contribution in [1.29, 1.82) is 0 Å². The molecule has 0 aromatic carbocycles. The highest BCUT2D eigenvalue weighted by Crippen LogP contribution is 2.13. The van der Waals surface area contributed by atoms with Crippen LogP contribution in [0.2, 0.25) is 0 Å². The third-order valence-corrected chi connectivity index (χ3v) is 2.52. The average molecular weight is 204 g/mol. The zero-order valence-electron chi connectivity index (χ0n) is 9.88. The van der Waals surface area contributed by atoms with Crippen LogP contribution in [0.25, 0.3) is 5.57 Å². The summed E-state index contributed by atoms with van der Waals surface area (Å²) in [5, 5.41) is 6.90. The van der Waals surface area contributed by atoms with Crippen LogP contribution >= 0.6 is 0 Å². The molecule has 0 aliphatic rings. The molecule has 1 aromatic heterocycles. The maximum Gasteiger partial charge on any atom is 0.0606 e. The van der Waals surface area contributed by atoms with Crippen molar-refractivity contribution < 1.29 is 0 Å². The summed E-state index contributed by atoms with van der Waals surface area (Å²) in [4.78, 5) is 0. The summed E-state index contributed by atoms with van der Waals surface area (Å²) < 4.78 is 0. The van der Waals surface area contributed by atoms with Crippen molar-refractivity contribution in [2.24, 2.45) is 0 Å². The van der Waals surface area contributed by atoms with Crippen LogP contribution in [-0.2, 0) is 0 Å². The average Bonchev–Trinajstić information content (AvgIpc) is 2.77. The fourth-order valence-electron chi connectivity index (χ4n) is 1.51. The van der Waals surface area contributed by atoms with E-state index in [4.69, 9.17) is 0 Å². The summed E-state index contributed by atoms with van der Waals surface area (Å²) in [7, 11) is 0. The van der Waals surface area contributed by atoms with E-state index in [9.17, 15) is 0 Å². The third kappa shape index (κ3) is 3.74. The van der Waals surface area contributed by atoms with Gasteiger partial charge in [-0.05, 0) is 31.4 Å². The van der Waals surface area contributed by atoms with E-state index < -0.39 is 0 Å². The van der Waals surface area contributed by atoms with Crippen LogP contribution in [0.15, 0.2) is 30.0 Å². The Labute approximate surface area is 92.1 Å². The van der Waals surface area contributed by atoms with Crippen molar-refractivity contribution in [3.05, 3.63) is 35.7 Å². The zero-order valence-corrected chi connectivity index (χ0v) is 9.88. The van der Waals surface area contributed by atoms with Crippen LogP contribution in [-0.4, -0.2) is 10.2 Å². The topological polar surface area (TPSA) is 28.7 Å². The molecule has 15 heavy (non-hydrogen) atoms. The van der Waals surface area contributed by atoms with E-state index in [0.29, 0.717) is 0 Å². The van der Waals surface area contributed by atoms with Gasteiger partial charge in [0.05, 0.1) is 5.69 Å². The van der Waals surface area contributed by atoms with Crippen LogP contribution in [0.4, 0.5) is 0 Å². The molecule has 0 radical (unpaired) electrons. The Bertz CT molecular complexity index is 331. The van der Waals surface area contributed by atoms with Crippen LogP contribution in [0.5, 0.6) is 0 Å². The molecule has 2 heteroatoms. The quantitative estimate of drug-likeness (QED) is 0.723. The molecule has 0 atom stereocenters. The Morgan fingerprint density at radius 1 is 1.40 bits per heavy atom. The summed E-state index contributed by atoms with van der Waals surface area (Å²) in [5.74, 6) is 0. The Kier molecular flexibility index (Phi) is 4.88. The van der Waals surface area contributed by atoms with Crippen LogP contribution in [0.1, 0.15) is 45.7 Å². The molecule has 0 saturated carbocycles. The van der Waals surface area contributed by atoms with Gasteiger partial charge in [0.2, 0.25) is 0 Å². The van der Waals surface area contributed by atoms with Gasteiger partial charge in [0, 0.05) is 6.20 Å². The predicted octanol–water partition coefficient (Wildman–Crippen LogP) is 3.95. The number of hydrogen-bond acceptors (Lipinski definition) is 1. The van der Waals surface area contributed by atoms with Gasteiger partial charge in [-0.3, -0.25) is 5.10 Å². The van der Waals surface area contributed by atoms with Crippen molar-refractivity contribution in [1.82, 2.24) is 10.2 Å². The molecule has 0 amide bonds. The molecule has 82 valence electrons. The molecule has 2 nitrogen and oxygen atoms in total. The number of H-pyrrole nitrogens is 1. The second-order valence-electron chi connectivity index (χ2n) is 3.75. The van der Waals surface area contributed by atoms with Gasteiger partial charge in [-0.25, -0.2) is 0 Å². The number of rotatable bonds is 5. The van der Waals surface area contributed by atoms with Gasteiger partial charge in [-0.2, -0.15) is 5.10 Å². The number of hydrogen-bond donors (Lipinski definition) is 1. The van der Waals surface area contributed by atoms with E-state index in [2.05, 4.69) is 43.1 Å². The Balaban J connectivity index is 2.70. The summed E-state index contributed by atoms with van der Waals surface area (Å²) in [6.45, 7) is 6.53. The summed E-state index contributed by atoms with van der Waals surface area (Å²) >= 11 is 0. The summed E-state index contributed by atoms with van der Waals surface area (Å²) in [5.41, 5.74) is 3.84. The van der Waals surface area contributed by atoms with Crippen LogP contribution in [0.3, 0.4) is 0 Å². The molecule has 1 heterocycles. The fourth-order valence-corrected chi connectivity index (χ4v) is 1.51. The lowest BCUT2D eigenvalue weighted by Crippen LogP contribution is -1.81. The molecule has 1 rings (SSSR count). The van der Waals surface area contributed by atoms with Gasteiger partial charge in [0.15, 0.2) is 0 Å². The Morgan fingerprint density at radius 3 is 2.73 bits per heavy atom. The molecule has 0 spiro atoms. The number of allylic oxidation sites excluding steroid dienone is 4. The molecular weight excluding hydrogens is 184 g/mol. The largest absolute Gasteiger partial charge is 0.278 e. The third-order valence-electron chi connectivity index (χ3n) is 2.52. The first kappa shape index (κ1) is 11.8. The number of nitrogens with zero attached hydrogens (tertiary/aromatic N) is 1. The minimum Gasteiger partial charge on any atom is -0.278 e. The second-order valence-corrected chi connectivity index (χ2v) is 3.75. The molecular formula is C13H20N2. The first-order valence-electron chi connectivity index (χ1n) is 5.64. The molecule has 0 aliphatic carbocycles. The van der Waals surface area contributed by atoms with Gasteiger partial charge in [-0.1, -0.05) is 38.0 Å². The maximum atomic E-state index is 3.94. The molecule has 1 N–H and O–H groups in total. The van der Waals surface area contributed by atoms with Crippen molar-refractivity contribution >= 4 is 5.57 Å². The standard InChI is InChI=1S/C13H20N2/c1-4-6-12(5-2)8-7-11(3)13-9-10-14-15-13/h7-10H,4-6H2,1-3H3,(H,14,15)/b11-7+,12-8+. The fraction of sp³-hybridized carbons (Fsp3) is 0.462. The smallest absolute Gasteiger partial charge is 0.0606 e. The molecule has 0 unspecified atom stereocenters. The van der Waals surface area contributed by atoms with Gasteiger partial charge < -0.3 is 0 Å². The Morgan fingerprint density at radius 2 is 2.20 bits per heavy atom. The van der Waals surface area contributed by atoms with Crippen molar-refractivity contribution in [2.75, 3.05) is 0 Å². The van der Waals surface area contributed by atoms with Gasteiger partial charge >= 0.3 is 0 Å². The first-order valence-corrected chi connectivity index (χ1v) is 5.64. The molecule has 0 bridgehead atoms. The molecule has 0 saturated heterocycles. The highest BCUT2D eigenvalue weighted by atomic mass is 15.1. The van der Waals surface area contributed by atoms with E-state index in [-0.39, 0.29) is 0 Å². The van der Waals surface area contributed by atoms with Crippen molar-refractivity contribution in [3.63, 3.8) is 0 Å². The minimum absolute atomic E-state index is 1.10. The zero-order chi connectivity index (χ0) is 11.1. The lowest BCUT2D eigenvalue weighted by Gasteiger charge is -2.00. The second kappa shape index (κ2) is 6.23. The van der Waals surface area contributed by atoms with Crippen molar-refractivity contribution in [3.8, 4) is 0 Å². The normalized spacial score (nSPS) is 13.3. The minimum atomic E-state index is 1.10. The number of aromatic amines is 1. The number of nitrogens with one attached hydrogen (secondary N) is 1. The SMILES string of the molecule is CCC/C(=C/C=C(\C)c1ccn[nH]1)CC.